The highest BCUT2D eigenvalue weighted by molar-refractivity contribution is 5.93. The molecular formula is C23H32N6O2. The Morgan fingerprint density at radius 1 is 1.06 bits per heavy atom. The molecule has 2 aliphatic heterocycles. The van der Waals surface area contributed by atoms with Gasteiger partial charge < -0.3 is 29.9 Å². The van der Waals surface area contributed by atoms with Gasteiger partial charge in [0, 0.05) is 64.1 Å². The molecule has 4 rings (SSSR count). The van der Waals surface area contributed by atoms with E-state index in [9.17, 15) is 0 Å². The van der Waals surface area contributed by atoms with Crippen molar-refractivity contribution in [3.8, 4) is 11.5 Å². The highest BCUT2D eigenvalue weighted by Gasteiger charge is 2.17. The third kappa shape index (κ3) is 5.58. The van der Waals surface area contributed by atoms with Crippen LogP contribution in [-0.2, 0) is 6.54 Å². The van der Waals surface area contributed by atoms with Crippen molar-refractivity contribution in [2.45, 2.75) is 19.9 Å². The van der Waals surface area contributed by atoms with Crippen molar-refractivity contribution in [2.75, 3.05) is 63.2 Å². The van der Waals surface area contributed by atoms with E-state index in [4.69, 9.17) is 9.47 Å². The highest BCUT2D eigenvalue weighted by Crippen LogP contribution is 2.32. The zero-order chi connectivity index (χ0) is 21.5. The van der Waals surface area contributed by atoms with Crippen LogP contribution in [0.4, 0.5) is 11.5 Å². The van der Waals surface area contributed by atoms with Crippen LogP contribution in [0.3, 0.4) is 0 Å². The maximum Gasteiger partial charge on any atom is 0.195 e. The molecule has 2 aliphatic rings. The summed E-state index contributed by atoms with van der Waals surface area (Å²) in [5.74, 6) is 3.29. The number of fused-ring (bicyclic) bond motifs is 1. The Bertz CT molecular complexity index is 895. The summed E-state index contributed by atoms with van der Waals surface area (Å²) in [6.07, 6.45) is 2.78. The van der Waals surface area contributed by atoms with Crippen LogP contribution >= 0.6 is 0 Å². The summed E-state index contributed by atoms with van der Waals surface area (Å²) in [6.45, 7) is 9.56. The lowest BCUT2D eigenvalue weighted by Gasteiger charge is -2.34. The van der Waals surface area contributed by atoms with Gasteiger partial charge in [0.1, 0.15) is 5.82 Å². The molecule has 0 spiro atoms. The molecule has 3 heterocycles. The molecule has 1 fully saturated rings. The number of pyridine rings is 1. The molecular weight excluding hydrogens is 392 g/mol. The molecule has 2 N–H and O–H groups in total. The highest BCUT2D eigenvalue weighted by atomic mass is 16.5. The van der Waals surface area contributed by atoms with Crippen molar-refractivity contribution < 1.29 is 9.47 Å². The Balaban J connectivity index is 1.34. The van der Waals surface area contributed by atoms with Gasteiger partial charge in [-0.15, -0.1) is 0 Å². The molecule has 0 unspecified atom stereocenters. The molecule has 8 nitrogen and oxygen atoms in total. The van der Waals surface area contributed by atoms with Gasteiger partial charge in [0.25, 0.3) is 0 Å². The minimum Gasteiger partial charge on any atom is -0.490 e. The predicted octanol–water partition coefficient (Wildman–Crippen LogP) is 2.57. The standard InChI is InChI=1S/C23H32N6O2/c1-3-28-9-11-29(12-10-28)22-15-18(7-8-25-22)17-26-23(24-2)27-19-5-6-20-21(16-19)31-14-4-13-30-20/h5-8,15-16H,3-4,9-14,17H2,1-2H3,(H2,24,26,27). The average Bonchev–Trinajstić information content (AvgIpc) is 3.07. The van der Waals surface area contributed by atoms with Crippen LogP contribution in [0.1, 0.15) is 18.9 Å². The third-order valence-electron chi connectivity index (χ3n) is 5.65. The molecule has 0 bridgehead atoms. The number of piperazine rings is 1. The molecule has 31 heavy (non-hydrogen) atoms. The number of hydrogen-bond acceptors (Lipinski definition) is 6. The molecule has 2 aromatic rings. The number of nitrogens with zero attached hydrogens (tertiary/aromatic N) is 4. The minimum atomic E-state index is 0.661. The fraction of sp³-hybridized carbons (Fsp3) is 0.478. The van der Waals surface area contributed by atoms with Crippen molar-refractivity contribution in [1.29, 1.82) is 0 Å². The van der Waals surface area contributed by atoms with Gasteiger partial charge in [0.05, 0.1) is 13.2 Å². The zero-order valence-corrected chi connectivity index (χ0v) is 18.4. The second-order valence-electron chi connectivity index (χ2n) is 7.71. The second kappa shape index (κ2) is 10.3. The van der Waals surface area contributed by atoms with Gasteiger partial charge in [-0.05, 0) is 36.4 Å². The van der Waals surface area contributed by atoms with E-state index in [1.165, 1.54) is 5.56 Å². The van der Waals surface area contributed by atoms with E-state index in [-0.39, 0.29) is 0 Å². The Labute approximate surface area is 184 Å². The van der Waals surface area contributed by atoms with Crippen molar-refractivity contribution in [2.24, 2.45) is 4.99 Å². The summed E-state index contributed by atoms with van der Waals surface area (Å²) in [5, 5.41) is 6.72. The molecule has 1 saturated heterocycles. The lowest BCUT2D eigenvalue weighted by atomic mass is 10.2. The molecule has 166 valence electrons. The van der Waals surface area contributed by atoms with Crippen LogP contribution in [0.5, 0.6) is 11.5 Å². The van der Waals surface area contributed by atoms with Gasteiger partial charge >= 0.3 is 0 Å². The Morgan fingerprint density at radius 2 is 1.87 bits per heavy atom. The number of nitrogens with one attached hydrogen (secondary N) is 2. The van der Waals surface area contributed by atoms with E-state index in [2.05, 4.69) is 43.4 Å². The Hall–Kier alpha value is -3.00. The van der Waals surface area contributed by atoms with Crippen molar-refractivity contribution in [3.05, 3.63) is 42.1 Å². The lowest BCUT2D eigenvalue weighted by Crippen LogP contribution is -2.46. The van der Waals surface area contributed by atoms with Crippen LogP contribution in [0.2, 0.25) is 0 Å². The van der Waals surface area contributed by atoms with Crippen molar-refractivity contribution in [1.82, 2.24) is 15.2 Å². The third-order valence-corrected chi connectivity index (χ3v) is 5.65. The lowest BCUT2D eigenvalue weighted by molar-refractivity contribution is 0.270. The summed E-state index contributed by atoms with van der Waals surface area (Å²) >= 11 is 0. The average molecular weight is 425 g/mol. The maximum atomic E-state index is 5.78. The van der Waals surface area contributed by atoms with Crippen molar-refractivity contribution in [3.63, 3.8) is 0 Å². The fourth-order valence-electron chi connectivity index (χ4n) is 3.78. The van der Waals surface area contributed by atoms with Crippen LogP contribution in [0.25, 0.3) is 0 Å². The van der Waals surface area contributed by atoms with E-state index in [1.54, 1.807) is 7.05 Å². The summed E-state index contributed by atoms with van der Waals surface area (Å²) in [7, 11) is 1.77. The fourth-order valence-corrected chi connectivity index (χ4v) is 3.78. The predicted molar refractivity (Wildman–Crippen MR) is 124 cm³/mol. The first-order chi connectivity index (χ1) is 15.2. The van der Waals surface area contributed by atoms with Gasteiger partial charge in [-0.25, -0.2) is 4.98 Å². The van der Waals surface area contributed by atoms with Gasteiger partial charge in [0.2, 0.25) is 0 Å². The molecule has 1 aromatic carbocycles. The van der Waals surface area contributed by atoms with Gasteiger partial charge in [0.15, 0.2) is 17.5 Å². The van der Waals surface area contributed by atoms with Gasteiger partial charge in [-0.2, -0.15) is 0 Å². The van der Waals surface area contributed by atoms with Crippen LogP contribution in [0, 0.1) is 0 Å². The van der Waals surface area contributed by atoms with Crippen molar-refractivity contribution >= 4 is 17.5 Å². The summed E-state index contributed by atoms with van der Waals surface area (Å²) in [5.41, 5.74) is 2.08. The number of anilines is 2. The molecule has 0 atom stereocenters. The number of likely N-dealkylation sites (N-methyl/N-ethyl adjacent to an activating group) is 1. The smallest absolute Gasteiger partial charge is 0.195 e. The van der Waals surface area contributed by atoms with Crippen LogP contribution in [0.15, 0.2) is 41.5 Å². The number of aromatic nitrogens is 1. The Morgan fingerprint density at radius 3 is 2.65 bits per heavy atom. The van der Waals surface area contributed by atoms with E-state index >= 15 is 0 Å². The topological polar surface area (TPSA) is 74.2 Å². The van der Waals surface area contributed by atoms with Crippen LogP contribution < -0.4 is 25.0 Å². The largest absolute Gasteiger partial charge is 0.490 e. The zero-order valence-electron chi connectivity index (χ0n) is 18.4. The number of ether oxygens (including phenoxy) is 2. The molecule has 0 aliphatic carbocycles. The minimum absolute atomic E-state index is 0.661. The number of rotatable bonds is 5. The number of aliphatic imine (C=N–C) groups is 1. The Kier molecular flexibility index (Phi) is 7.09. The molecule has 0 amide bonds. The normalized spacial score (nSPS) is 17.2. The number of guanidine groups is 1. The molecule has 8 heteroatoms. The quantitative estimate of drug-likeness (QED) is 0.564. The first-order valence-corrected chi connectivity index (χ1v) is 11.0. The SMILES string of the molecule is CCN1CCN(c2cc(CNC(=NC)Nc3ccc4c(c3)OCCCO4)ccn2)CC1. The first kappa shape index (κ1) is 21.2. The second-order valence-corrected chi connectivity index (χ2v) is 7.71. The summed E-state index contributed by atoms with van der Waals surface area (Å²) < 4.78 is 11.5. The molecule has 0 saturated carbocycles. The van der Waals surface area contributed by atoms with Gasteiger partial charge in [-0.3, -0.25) is 4.99 Å². The van der Waals surface area contributed by atoms with E-state index in [0.717, 1.165) is 62.1 Å². The number of hydrogen-bond donors (Lipinski definition) is 2. The maximum absolute atomic E-state index is 5.78. The number of benzene rings is 1. The van der Waals surface area contributed by atoms with E-state index < -0.39 is 0 Å². The van der Waals surface area contributed by atoms with E-state index in [0.29, 0.717) is 25.7 Å². The van der Waals surface area contributed by atoms with Gasteiger partial charge in [-0.1, -0.05) is 6.92 Å². The molecule has 1 aromatic heterocycles. The first-order valence-electron chi connectivity index (χ1n) is 11.0. The summed E-state index contributed by atoms with van der Waals surface area (Å²) in [6, 6.07) is 10.1. The van der Waals surface area contributed by atoms with E-state index in [1.807, 2.05) is 30.5 Å². The van der Waals surface area contributed by atoms with Crippen LogP contribution in [-0.4, -0.2) is 68.8 Å². The monoisotopic (exact) mass is 424 g/mol. The summed E-state index contributed by atoms with van der Waals surface area (Å²) in [4.78, 5) is 13.8. The molecule has 0 radical (unpaired) electrons.